The summed E-state index contributed by atoms with van der Waals surface area (Å²) in [5.74, 6) is 0. The van der Waals surface area contributed by atoms with Crippen molar-refractivity contribution in [2.24, 2.45) is 7.05 Å². The highest BCUT2D eigenvalue weighted by Crippen LogP contribution is 2.15. The molecule has 0 spiro atoms. The van der Waals surface area contributed by atoms with Crippen LogP contribution in [0.5, 0.6) is 0 Å². The Hall–Kier alpha value is -2.59. The average Bonchev–Trinajstić information content (AvgIpc) is 2.68. The normalized spacial score (nSPS) is 9.44. The molecule has 0 saturated heterocycles. The molecule has 0 aliphatic rings. The Morgan fingerprint density at radius 2 is 2.12 bits per heavy atom. The van der Waals surface area contributed by atoms with Crippen LogP contribution in [0, 0.1) is 22.7 Å². The molecule has 1 aromatic carbocycles. The number of hydrogen-bond acceptors (Lipinski definition) is 3. The van der Waals surface area contributed by atoms with Crippen LogP contribution < -0.4 is 0 Å². The number of benzene rings is 1. The Morgan fingerprint density at radius 3 is 2.81 bits per heavy atom. The quantitative estimate of drug-likeness (QED) is 0.673. The summed E-state index contributed by atoms with van der Waals surface area (Å²) in [6.07, 6.45) is 3.28. The molecule has 0 aliphatic carbocycles. The molecule has 1 heterocycles. The minimum absolute atomic E-state index is 0.0929. The first-order valence-corrected chi connectivity index (χ1v) is 4.67. The fraction of sp³-hybridized carbons (Fsp3) is 0.0833. The van der Waals surface area contributed by atoms with Crippen molar-refractivity contribution in [1.82, 2.24) is 9.55 Å². The first-order valence-electron chi connectivity index (χ1n) is 4.67. The molecule has 0 radical (unpaired) electrons. The number of nitriles is 2. The van der Waals surface area contributed by atoms with E-state index in [4.69, 9.17) is 10.5 Å². The monoisotopic (exact) mass is 208 g/mol. The smallest absolute Gasteiger partial charge is 0.130 e. The summed E-state index contributed by atoms with van der Waals surface area (Å²) < 4.78 is 1.92. The second-order valence-corrected chi connectivity index (χ2v) is 3.39. The Bertz CT molecular complexity index is 634. The van der Waals surface area contributed by atoms with Crippen LogP contribution in [-0.4, -0.2) is 9.55 Å². The van der Waals surface area contributed by atoms with Gasteiger partial charge < -0.3 is 4.57 Å². The number of aromatic nitrogens is 2. The predicted molar refractivity (Wildman–Crippen MR) is 59.9 cm³/mol. The first kappa shape index (κ1) is 9.95. The predicted octanol–water partition coefficient (Wildman–Crippen LogP) is 2.00. The number of allylic oxidation sites excluding steroid dienone is 1. The minimum Gasteiger partial charge on any atom is -0.334 e. The lowest BCUT2D eigenvalue weighted by Crippen LogP contribution is -1.83. The van der Waals surface area contributed by atoms with E-state index >= 15 is 0 Å². The van der Waals surface area contributed by atoms with E-state index in [0.717, 1.165) is 16.6 Å². The number of imidazole rings is 1. The zero-order chi connectivity index (χ0) is 11.5. The highest BCUT2D eigenvalue weighted by molar-refractivity contribution is 5.79. The fourth-order valence-corrected chi connectivity index (χ4v) is 1.50. The van der Waals surface area contributed by atoms with Crippen molar-refractivity contribution in [2.75, 3.05) is 0 Å². The molecule has 0 aliphatic heterocycles. The molecule has 0 unspecified atom stereocenters. The van der Waals surface area contributed by atoms with Gasteiger partial charge in [0, 0.05) is 7.05 Å². The molecular formula is C12H8N4. The summed E-state index contributed by atoms with van der Waals surface area (Å²) in [5, 5.41) is 17.3. The Labute approximate surface area is 92.7 Å². The molecule has 0 amide bonds. The van der Waals surface area contributed by atoms with Gasteiger partial charge in [-0.1, -0.05) is 6.07 Å². The minimum atomic E-state index is 0.0929. The van der Waals surface area contributed by atoms with E-state index in [1.165, 1.54) is 0 Å². The molecule has 2 rings (SSSR count). The Kier molecular flexibility index (Phi) is 2.41. The largest absolute Gasteiger partial charge is 0.334 e. The van der Waals surface area contributed by atoms with Crippen molar-refractivity contribution >= 4 is 17.1 Å². The van der Waals surface area contributed by atoms with Crippen LogP contribution in [0.1, 0.15) is 5.56 Å². The van der Waals surface area contributed by atoms with Gasteiger partial charge in [0.05, 0.1) is 17.4 Å². The summed E-state index contributed by atoms with van der Waals surface area (Å²) in [5.41, 5.74) is 2.78. The number of hydrogen-bond donors (Lipinski definition) is 0. The standard InChI is InChI=1S/C12H8N4/c1-16-8-15-11-5-9(2-3-12(11)16)4-10(6-13)7-14/h2-5,8H,1H3. The van der Waals surface area contributed by atoms with Crippen molar-refractivity contribution in [3.63, 3.8) is 0 Å². The van der Waals surface area contributed by atoms with E-state index in [9.17, 15) is 0 Å². The maximum absolute atomic E-state index is 8.64. The summed E-state index contributed by atoms with van der Waals surface area (Å²) in [6, 6.07) is 9.28. The van der Waals surface area contributed by atoms with Gasteiger partial charge in [-0.05, 0) is 23.8 Å². The van der Waals surface area contributed by atoms with Gasteiger partial charge in [-0.3, -0.25) is 0 Å². The van der Waals surface area contributed by atoms with Gasteiger partial charge in [0.1, 0.15) is 17.7 Å². The lowest BCUT2D eigenvalue weighted by atomic mass is 10.1. The van der Waals surface area contributed by atoms with E-state index in [1.54, 1.807) is 12.4 Å². The van der Waals surface area contributed by atoms with Gasteiger partial charge in [0.15, 0.2) is 0 Å². The van der Waals surface area contributed by atoms with Crippen molar-refractivity contribution in [3.05, 3.63) is 35.7 Å². The van der Waals surface area contributed by atoms with Crippen LogP contribution in [0.3, 0.4) is 0 Å². The highest BCUT2D eigenvalue weighted by atomic mass is 15.0. The van der Waals surface area contributed by atoms with Gasteiger partial charge in [0.25, 0.3) is 0 Å². The van der Waals surface area contributed by atoms with Gasteiger partial charge in [-0.2, -0.15) is 10.5 Å². The van der Waals surface area contributed by atoms with Gasteiger partial charge >= 0.3 is 0 Å². The van der Waals surface area contributed by atoms with Gasteiger partial charge in [0.2, 0.25) is 0 Å². The van der Waals surface area contributed by atoms with Crippen molar-refractivity contribution in [3.8, 4) is 12.1 Å². The summed E-state index contributed by atoms with van der Waals surface area (Å²) in [4.78, 5) is 4.21. The van der Waals surface area contributed by atoms with Crippen LogP contribution in [0.25, 0.3) is 17.1 Å². The fourth-order valence-electron chi connectivity index (χ4n) is 1.50. The Morgan fingerprint density at radius 1 is 1.38 bits per heavy atom. The third kappa shape index (κ3) is 1.65. The van der Waals surface area contributed by atoms with Crippen LogP contribution in [-0.2, 0) is 7.05 Å². The van der Waals surface area contributed by atoms with E-state index in [2.05, 4.69) is 4.98 Å². The highest BCUT2D eigenvalue weighted by Gasteiger charge is 2.00. The molecule has 2 aromatic rings. The summed E-state index contributed by atoms with van der Waals surface area (Å²) in [7, 11) is 1.92. The van der Waals surface area contributed by atoms with Gasteiger partial charge in [-0.15, -0.1) is 0 Å². The van der Waals surface area contributed by atoms with E-state index < -0.39 is 0 Å². The third-order valence-corrected chi connectivity index (χ3v) is 2.30. The third-order valence-electron chi connectivity index (χ3n) is 2.30. The second kappa shape index (κ2) is 3.88. The van der Waals surface area contributed by atoms with E-state index in [-0.39, 0.29) is 5.57 Å². The topological polar surface area (TPSA) is 65.4 Å². The second-order valence-electron chi connectivity index (χ2n) is 3.39. The maximum Gasteiger partial charge on any atom is 0.130 e. The first-order chi connectivity index (χ1) is 7.74. The molecule has 0 atom stereocenters. The molecular weight excluding hydrogens is 200 g/mol. The molecule has 16 heavy (non-hydrogen) atoms. The number of fused-ring (bicyclic) bond motifs is 1. The molecule has 0 saturated carbocycles. The molecule has 0 fully saturated rings. The molecule has 1 aromatic heterocycles. The summed E-state index contributed by atoms with van der Waals surface area (Å²) in [6.45, 7) is 0. The zero-order valence-electron chi connectivity index (χ0n) is 8.68. The summed E-state index contributed by atoms with van der Waals surface area (Å²) >= 11 is 0. The van der Waals surface area contributed by atoms with Crippen molar-refractivity contribution in [2.45, 2.75) is 0 Å². The lowest BCUT2D eigenvalue weighted by Gasteiger charge is -1.95. The van der Waals surface area contributed by atoms with Crippen LogP contribution in [0.4, 0.5) is 0 Å². The average molecular weight is 208 g/mol. The van der Waals surface area contributed by atoms with Crippen molar-refractivity contribution < 1.29 is 0 Å². The van der Waals surface area contributed by atoms with Crippen LogP contribution >= 0.6 is 0 Å². The number of aryl methyl sites for hydroxylation is 1. The van der Waals surface area contributed by atoms with Gasteiger partial charge in [-0.25, -0.2) is 4.98 Å². The number of nitrogens with zero attached hydrogens (tertiary/aromatic N) is 4. The molecule has 0 N–H and O–H groups in total. The molecule has 76 valence electrons. The van der Waals surface area contributed by atoms with Crippen LogP contribution in [0.15, 0.2) is 30.1 Å². The van der Waals surface area contributed by atoms with E-state index in [1.807, 2.05) is 42.0 Å². The molecule has 0 bridgehead atoms. The Balaban J connectivity index is 2.54. The van der Waals surface area contributed by atoms with Crippen molar-refractivity contribution in [1.29, 1.82) is 10.5 Å². The molecule has 4 nitrogen and oxygen atoms in total. The van der Waals surface area contributed by atoms with E-state index in [0.29, 0.717) is 0 Å². The SMILES string of the molecule is Cn1cnc2cc(C=C(C#N)C#N)ccc21. The molecule has 4 heteroatoms. The maximum atomic E-state index is 8.64. The van der Waals surface area contributed by atoms with Crippen LogP contribution in [0.2, 0.25) is 0 Å². The lowest BCUT2D eigenvalue weighted by molar-refractivity contribution is 0.947. The zero-order valence-corrected chi connectivity index (χ0v) is 8.68. The number of rotatable bonds is 1.